The number of hydrogen-bond acceptors (Lipinski definition) is 3. The number of ether oxygens (including phenoxy) is 1. The molecule has 18 heavy (non-hydrogen) atoms. The van der Waals surface area contributed by atoms with E-state index in [1.807, 2.05) is 19.3 Å². The van der Waals surface area contributed by atoms with Crippen LogP contribution >= 0.6 is 0 Å². The van der Waals surface area contributed by atoms with Gasteiger partial charge >= 0.3 is 0 Å². The lowest BCUT2D eigenvalue weighted by atomic mass is 10.2. The van der Waals surface area contributed by atoms with Crippen molar-refractivity contribution in [3.05, 3.63) is 24.0 Å². The van der Waals surface area contributed by atoms with Crippen molar-refractivity contribution >= 4 is 11.8 Å². The molecule has 6 nitrogen and oxygen atoms in total. The van der Waals surface area contributed by atoms with Crippen LogP contribution in [-0.2, 0) is 16.6 Å². The number of hydrogen-bond donors (Lipinski definition) is 2. The van der Waals surface area contributed by atoms with Crippen molar-refractivity contribution < 1.29 is 14.3 Å². The zero-order valence-corrected chi connectivity index (χ0v) is 10.3. The van der Waals surface area contributed by atoms with Crippen LogP contribution in [0.25, 0.3) is 0 Å². The maximum atomic E-state index is 11.7. The van der Waals surface area contributed by atoms with Gasteiger partial charge in [-0.25, -0.2) is 0 Å². The van der Waals surface area contributed by atoms with Gasteiger partial charge in [0.2, 0.25) is 5.91 Å². The summed E-state index contributed by atoms with van der Waals surface area (Å²) < 4.78 is 6.79. The SMILES string of the molecule is Cn1cccc1C(=O)NCCNC(=O)[C@H]1CCO1. The first kappa shape index (κ1) is 12.6. The third-order valence-corrected chi connectivity index (χ3v) is 2.88. The van der Waals surface area contributed by atoms with Crippen LogP contribution in [0.4, 0.5) is 0 Å². The van der Waals surface area contributed by atoms with Crippen LogP contribution in [0.3, 0.4) is 0 Å². The first-order chi connectivity index (χ1) is 8.68. The van der Waals surface area contributed by atoms with E-state index in [1.54, 1.807) is 10.6 Å². The second-order valence-corrected chi connectivity index (χ2v) is 4.20. The number of aromatic nitrogens is 1. The molecule has 2 N–H and O–H groups in total. The Morgan fingerprint density at radius 3 is 2.72 bits per heavy atom. The first-order valence-corrected chi connectivity index (χ1v) is 5.97. The van der Waals surface area contributed by atoms with Gasteiger partial charge in [0.25, 0.3) is 5.91 Å². The number of nitrogens with zero attached hydrogens (tertiary/aromatic N) is 1. The Morgan fingerprint density at radius 1 is 1.44 bits per heavy atom. The van der Waals surface area contributed by atoms with Crippen molar-refractivity contribution in [3.8, 4) is 0 Å². The minimum absolute atomic E-state index is 0.102. The van der Waals surface area contributed by atoms with E-state index >= 15 is 0 Å². The molecule has 1 saturated heterocycles. The van der Waals surface area contributed by atoms with Gasteiger partial charge in [0.05, 0.1) is 6.61 Å². The molecule has 0 radical (unpaired) electrons. The lowest BCUT2D eigenvalue weighted by Gasteiger charge is -2.25. The molecular weight excluding hydrogens is 234 g/mol. The zero-order chi connectivity index (χ0) is 13.0. The summed E-state index contributed by atoms with van der Waals surface area (Å²) in [5.74, 6) is -0.244. The summed E-state index contributed by atoms with van der Waals surface area (Å²) in [5, 5.41) is 5.46. The lowest BCUT2D eigenvalue weighted by Crippen LogP contribution is -2.45. The van der Waals surface area contributed by atoms with E-state index in [-0.39, 0.29) is 17.9 Å². The molecule has 98 valence electrons. The van der Waals surface area contributed by atoms with Crippen molar-refractivity contribution in [2.24, 2.45) is 7.05 Å². The van der Waals surface area contributed by atoms with E-state index in [2.05, 4.69) is 10.6 Å². The van der Waals surface area contributed by atoms with E-state index in [1.165, 1.54) is 0 Å². The summed E-state index contributed by atoms with van der Waals surface area (Å²) in [6.07, 6.45) is 2.29. The molecule has 0 aromatic carbocycles. The zero-order valence-electron chi connectivity index (χ0n) is 10.3. The molecule has 1 aliphatic heterocycles. The number of aryl methyl sites for hydroxylation is 1. The highest BCUT2D eigenvalue weighted by molar-refractivity contribution is 5.92. The number of nitrogens with one attached hydrogen (secondary N) is 2. The predicted molar refractivity (Wildman–Crippen MR) is 65.1 cm³/mol. The maximum Gasteiger partial charge on any atom is 0.267 e. The summed E-state index contributed by atoms with van der Waals surface area (Å²) in [6.45, 7) is 1.47. The minimum Gasteiger partial charge on any atom is -0.368 e. The molecule has 2 heterocycles. The fraction of sp³-hybridized carbons (Fsp3) is 0.500. The third kappa shape index (κ3) is 2.89. The minimum atomic E-state index is -0.298. The molecule has 6 heteroatoms. The van der Waals surface area contributed by atoms with Crippen molar-refractivity contribution in [2.75, 3.05) is 19.7 Å². The van der Waals surface area contributed by atoms with Crippen LogP contribution in [0.5, 0.6) is 0 Å². The molecule has 1 aromatic heterocycles. The standard InChI is InChI=1S/C12H17N3O3/c1-15-7-2-3-9(15)11(16)13-5-6-14-12(17)10-4-8-18-10/h2-3,7,10H,4-6,8H2,1H3,(H,13,16)(H,14,17)/t10-/m1/s1. The second-order valence-electron chi connectivity index (χ2n) is 4.20. The number of carbonyl (C=O) groups excluding carboxylic acids is 2. The Hall–Kier alpha value is -1.82. The number of rotatable bonds is 5. The van der Waals surface area contributed by atoms with Crippen LogP contribution in [0.2, 0.25) is 0 Å². The molecule has 1 atom stereocenters. The third-order valence-electron chi connectivity index (χ3n) is 2.88. The van der Waals surface area contributed by atoms with Crippen molar-refractivity contribution in [2.45, 2.75) is 12.5 Å². The molecule has 0 bridgehead atoms. The summed E-state index contributed by atoms with van der Waals surface area (Å²) in [4.78, 5) is 23.1. The summed E-state index contributed by atoms with van der Waals surface area (Å²) in [5.41, 5.74) is 0.601. The van der Waals surface area contributed by atoms with Gasteiger partial charge in [-0.2, -0.15) is 0 Å². The maximum absolute atomic E-state index is 11.7. The van der Waals surface area contributed by atoms with Gasteiger partial charge in [-0.3, -0.25) is 9.59 Å². The van der Waals surface area contributed by atoms with Crippen LogP contribution in [0.15, 0.2) is 18.3 Å². The summed E-state index contributed by atoms with van der Waals surface area (Å²) >= 11 is 0. The molecule has 1 aliphatic rings. The molecule has 1 aromatic rings. The smallest absolute Gasteiger partial charge is 0.267 e. The molecule has 0 spiro atoms. The Labute approximate surface area is 105 Å². The normalized spacial score (nSPS) is 17.9. The second kappa shape index (κ2) is 5.68. The van der Waals surface area contributed by atoms with Gasteiger partial charge in [0, 0.05) is 32.8 Å². The van der Waals surface area contributed by atoms with E-state index in [4.69, 9.17) is 4.74 Å². The fourth-order valence-electron chi connectivity index (χ4n) is 1.71. The topological polar surface area (TPSA) is 72.4 Å². The number of amides is 2. The molecule has 0 saturated carbocycles. The highest BCUT2D eigenvalue weighted by atomic mass is 16.5. The largest absolute Gasteiger partial charge is 0.368 e. The van der Waals surface area contributed by atoms with E-state index in [9.17, 15) is 9.59 Å². The highest BCUT2D eigenvalue weighted by Crippen LogP contribution is 2.09. The van der Waals surface area contributed by atoms with Gasteiger partial charge in [-0.05, 0) is 12.1 Å². The first-order valence-electron chi connectivity index (χ1n) is 5.97. The number of carbonyl (C=O) groups is 2. The highest BCUT2D eigenvalue weighted by Gasteiger charge is 2.25. The van der Waals surface area contributed by atoms with Crippen LogP contribution in [0.1, 0.15) is 16.9 Å². The van der Waals surface area contributed by atoms with Crippen LogP contribution < -0.4 is 10.6 Å². The van der Waals surface area contributed by atoms with Crippen molar-refractivity contribution in [3.63, 3.8) is 0 Å². The van der Waals surface area contributed by atoms with Crippen molar-refractivity contribution in [1.29, 1.82) is 0 Å². The van der Waals surface area contributed by atoms with Crippen molar-refractivity contribution in [1.82, 2.24) is 15.2 Å². The Morgan fingerprint density at radius 2 is 2.17 bits per heavy atom. The molecular formula is C12H17N3O3. The van der Waals surface area contributed by atoms with Crippen LogP contribution in [0, 0.1) is 0 Å². The Balaban J connectivity index is 1.65. The van der Waals surface area contributed by atoms with Gasteiger partial charge < -0.3 is 19.9 Å². The molecule has 1 fully saturated rings. The quantitative estimate of drug-likeness (QED) is 0.703. The fourth-order valence-corrected chi connectivity index (χ4v) is 1.71. The summed E-state index contributed by atoms with van der Waals surface area (Å²) in [7, 11) is 1.81. The molecule has 0 aliphatic carbocycles. The van der Waals surface area contributed by atoms with Gasteiger partial charge in [-0.15, -0.1) is 0 Å². The van der Waals surface area contributed by atoms with E-state index in [0.717, 1.165) is 6.42 Å². The van der Waals surface area contributed by atoms with E-state index in [0.29, 0.717) is 25.4 Å². The average Bonchev–Trinajstić information content (AvgIpc) is 2.68. The monoisotopic (exact) mass is 251 g/mol. The molecule has 2 rings (SSSR count). The van der Waals surface area contributed by atoms with Crippen LogP contribution in [-0.4, -0.2) is 42.2 Å². The van der Waals surface area contributed by atoms with Gasteiger partial charge in [0.1, 0.15) is 11.8 Å². The summed E-state index contributed by atoms with van der Waals surface area (Å²) in [6, 6.07) is 3.56. The van der Waals surface area contributed by atoms with Gasteiger partial charge in [0.15, 0.2) is 0 Å². The average molecular weight is 251 g/mol. The predicted octanol–water partition coefficient (Wildman–Crippen LogP) is -0.340. The Bertz CT molecular complexity index is 438. The Kier molecular flexibility index (Phi) is 3.99. The lowest BCUT2D eigenvalue weighted by molar-refractivity contribution is -0.144. The van der Waals surface area contributed by atoms with Gasteiger partial charge in [-0.1, -0.05) is 0 Å². The molecule has 2 amide bonds. The molecule has 0 unspecified atom stereocenters. The van der Waals surface area contributed by atoms with E-state index < -0.39 is 0 Å².